The number of aliphatic imine (C=N–C) groups is 3. The van der Waals surface area contributed by atoms with Gasteiger partial charge in [-0.1, -0.05) is 13.8 Å². The number of anilines is 1. The van der Waals surface area contributed by atoms with Gasteiger partial charge < -0.3 is 43.2 Å². The van der Waals surface area contributed by atoms with Crippen LogP contribution in [0.15, 0.2) is 39.2 Å². The molecule has 0 saturated carbocycles. The molecular weight excluding hydrogens is 813 g/mol. The van der Waals surface area contributed by atoms with Gasteiger partial charge in [0.05, 0.1) is 24.3 Å². The van der Waals surface area contributed by atoms with Crippen LogP contribution < -0.4 is 49.1 Å². The highest BCUT2D eigenvalue weighted by atomic mass is 32.1. The van der Waals surface area contributed by atoms with E-state index in [1.54, 1.807) is 19.1 Å². The maximum Gasteiger partial charge on any atom is 0.326 e. The molecule has 0 spiro atoms. The lowest BCUT2D eigenvalue weighted by atomic mass is 9.94. The van der Waals surface area contributed by atoms with Gasteiger partial charge in [-0.3, -0.25) is 59.6 Å². The molecule has 1 saturated heterocycles. The molecule has 0 radical (unpaired) electrons. The first-order valence-corrected chi connectivity index (χ1v) is 20.6. The smallest absolute Gasteiger partial charge is 0.326 e. The Kier molecular flexibility index (Phi) is 19.9. The minimum atomic E-state index is -1.41. The van der Waals surface area contributed by atoms with Crippen molar-refractivity contribution < 1.29 is 43.5 Å². The molecule has 1 aromatic rings. The van der Waals surface area contributed by atoms with E-state index in [0.717, 1.165) is 0 Å². The Morgan fingerprint density at radius 2 is 1.56 bits per heavy atom. The van der Waals surface area contributed by atoms with Crippen molar-refractivity contribution in [3.63, 3.8) is 0 Å². The predicted octanol–water partition coefficient (Wildman–Crippen LogP) is -1.24. The molecule has 334 valence electrons. The van der Waals surface area contributed by atoms with E-state index in [9.17, 15) is 43.5 Å². The highest BCUT2D eigenvalue weighted by Gasteiger charge is 2.36. The number of Topliss-reactive ketones (excluding diaryl/α,β-unsaturated/α-hetero) is 3. The number of guanidine groups is 1. The number of nitrogens with zero attached hydrogens (tertiary/aromatic N) is 3. The maximum atomic E-state index is 13.4. The van der Waals surface area contributed by atoms with E-state index < -0.39 is 83.7 Å². The van der Waals surface area contributed by atoms with Crippen LogP contribution in [0.2, 0.25) is 0 Å². The standard InChI is InChI=1S/C39H58N12O9S/c1-20(34(56)48-27(6-4-14-43-38(40)41)30(54)17-21(2)33(55)46-22(3)29(53)7-5-15-61)16-26(52)12-13-28(37(59)60)49-35(57)23-8-10-24(11-9-23)44-18-25-19-45-32-31(47-25)36(58)51-39(42)50-32/h8-11,19-22,27-28,31-32,39,44,50,61H,4-7,12-18,42H2,1-3H3,(H,46,55)(H,48,56)(H,49,57)(H,51,58)(H,59,60)(H4,40,41,43)/t20-,21-,22+,27+,28+,31?,32?,39?/m1/s1. The highest BCUT2D eigenvalue weighted by Crippen LogP contribution is 2.16. The summed E-state index contributed by atoms with van der Waals surface area (Å²) in [4.78, 5) is 114. The number of carboxylic acid groups (broad SMARTS) is 1. The van der Waals surface area contributed by atoms with Gasteiger partial charge in [-0.05, 0) is 62.6 Å². The fourth-order valence-electron chi connectivity index (χ4n) is 6.27. The molecule has 3 rings (SSSR count). The molecular formula is C39H58N12O9S. The molecule has 8 atom stereocenters. The molecule has 21 nitrogen and oxygen atoms in total. The molecule has 1 aromatic carbocycles. The number of ketones is 3. The zero-order valence-electron chi connectivity index (χ0n) is 34.5. The third kappa shape index (κ3) is 16.7. The fourth-order valence-corrected chi connectivity index (χ4v) is 6.43. The van der Waals surface area contributed by atoms with Gasteiger partial charge in [0.2, 0.25) is 11.8 Å². The van der Waals surface area contributed by atoms with E-state index in [4.69, 9.17) is 17.2 Å². The summed E-state index contributed by atoms with van der Waals surface area (Å²) >= 11 is 4.10. The number of thiol groups is 1. The molecule has 0 aliphatic carbocycles. The summed E-state index contributed by atoms with van der Waals surface area (Å²) < 4.78 is 0. The number of benzene rings is 1. The number of carbonyl (C=O) groups excluding carboxylic acids is 7. The topological polar surface area (TPSA) is 344 Å². The SMILES string of the molecule is C[C@H](CC(=O)[C@H](CCCN=C(N)N)NC(=O)[C@H](C)CC(=O)CC[C@H](NC(=O)c1ccc(NCC2=NC3C(=O)NC(N)NC3N=C2)cc1)C(=O)O)C(=O)N[C@@H](C)C(=O)CCCS. The van der Waals surface area contributed by atoms with Gasteiger partial charge >= 0.3 is 5.97 Å². The summed E-state index contributed by atoms with van der Waals surface area (Å²) in [6.07, 6.45) is 0.508. The summed E-state index contributed by atoms with van der Waals surface area (Å²) in [5.41, 5.74) is 17.8. The molecule has 22 heteroatoms. The van der Waals surface area contributed by atoms with E-state index in [1.807, 2.05) is 0 Å². The predicted molar refractivity (Wildman–Crippen MR) is 231 cm³/mol. The number of carboxylic acids is 1. The van der Waals surface area contributed by atoms with Gasteiger partial charge in [0, 0.05) is 61.5 Å². The first-order chi connectivity index (χ1) is 28.9. The van der Waals surface area contributed by atoms with Gasteiger partial charge in [0.1, 0.15) is 24.3 Å². The summed E-state index contributed by atoms with van der Waals surface area (Å²) in [7, 11) is 0. The molecule has 2 heterocycles. The van der Waals surface area contributed by atoms with Gasteiger partial charge in [0.15, 0.2) is 23.6 Å². The monoisotopic (exact) mass is 870 g/mol. The van der Waals surface area contributed by atoms with E-state index in [-0.39, 0.29) is 74.8 Å². The van der Waals surface area contributed by atoms with E-state index in [0.29, 0.717) is 30.0 Å². The number of hydrogen-bond donors (Lipinski definition) is 11. The quantitative estimate of drug-likeness (QED) is 0.0225. The van der Waals surface area contributed by atoms with Gasteiger partial charge in [-0.15, -0.1) is 0 Å². The summed E-state index contributed by atoms with van der Waals surface area (Å²) in [5, 5.41) is 26.1. The second-order valence-electron chi connectivity index (χ2n) is 15.0. The number of fused-ring (bicyclic) bond motifs is 1. The van der Waals surface area contributed by atoms with Crippen LogP contribution in [0, 0.1) is 11.8 Å². The van der Waals surface area contributed by atoms with Gasteiger partial charge in [-0.25, -0.2) is 4.79 Å². The number of amides is 4. The van der Waals surface area contributed by atoms with Crippen LogP contribution in [0.4, 0.5) is 5.69 Å². The Morgan fingerprint density at radius 1 is 0.885 bits per heavy atom. The molecule has 0 bridgehead atoms. The number of nitrogens with two attached hydrogens (primary N) is 3. The average Bonchev–Trinajstić information content (AvgIpc) is 3.21. The second-order valence-corrected chi connectivity index (χ2v) is 15.5. The molecule has 2 aliphatic heterocycles. The lowest BCUT2D eigenvalue weighted by Crippen LogP contribution is -2.67. The summed E-state index contributed by atoms with van der Waals surface area (Å²) in [6, 6.07) is 2.24. The van der Waals surface area contributed by atoms with E-state index >= 15 is 0 Å². The van der Waals surface area contributed by atoms with Crippen molar-refractivity contribution in [3.05, 3.63) is 29.8 Å². The van der Waals surface area contributed by atoms with Crippen molar-refractivity contribution in [1.29, 1.82) is 0 Å². The van der Waals surface area contributed by atoms with Crippen LogP contribution in [0.3, 0.4) is 0 Å². The highest BCUT2D eigenvalue weighted by molar-refractivity contribution is 7.80. The van der Waals surface area contributed by atoms with E-state index in [2.05, 4.69) is 59.5 Å². The normalized spacial score (nSPS) is 19.3. The largest absolute Gasteiger partial charge is 0.480 e. The van der Waals surface area contributed by atoms with Crippen LogP contribution in [-0.4, -0.2) is 125 Å². The fraction of sp³-hybridized carbons (Fsp3) is 0.564. The zero-order valence-corrected chi connectivity index (χ0v) is 35.4. The van der Waals surface area contributed by atoms with Crippen molar-refractivity contribution in [3.8, 4) is 0 Å². The molecule has 13 N–H and O–H groups in total. The lowest BCUT2D eigenvalue weighted by Gasteiger charge is -2.33. The Morgan fingerprint density at radius 3 is 2.21 bits per heavy atom. The maximum absolute atomic E-state index is 13.4. The molecule has 2 aliphatic rings. The Hall–Kier alpha value is -5.74. The lowest BCUT2D eigenvalue weighted by molar-refractivity contribution is -0.139. The van der Waals surface area contributed by atoms with Crippen LogP contribution in [-0.2, 0) is 33.6 Å². The number of rotatable bonds is 26. The first-order valence-electron chi connectivity index (χ1n) is 20.0. The van der Waals surface area contributed by atoms with Crippen LogP contribution in [0.5, 0.6) is 0 Å². The third-order valence-corrected chi connectivity index (χ3v) is 10.2. The average molecular weight is 871 g/mol. The number of nitrogens with one attached hydrogen (secondary N) is 6. The van der Waals surface area contributed by atoms with Crippen molar-refractivity contribution in [1.82, 2.24) is 26.6 Å². The van der Waals surface area contributed by atoms with Crippen LogP contribution >= 0.6 is 12.6 Å². The Labute approximate surface area is 359 Å². The zero-order chi connectivity index (χ0) is 45.2. The second kappa shape index (κ2) is 24.5. The van der Waals surface area contributed by atoms with Gasteiger partial charge in [0.25, 0.3) is 11.8 Å². The summed E-state index contributed by atoms with van der Waals surface area (Å²) in [6.45, 7) is 4.99. The number of aliphatic carboxylic acids is 1. The number of carbonyl (C=O) groups is 8. The van der Waals surface area contributed by atoms with Crippen LogP contribution in [0.25, 0.3) is 0 Å². The number of hydrogen-bond acceptors (Lipinski definition) is 15. The van der Waals surface area contributed by atoms with Gasteiger partial charge in [-0.2, -0.15) is 12.6 Å². The molecule has 61 heavy (non-hydrogen) atoms. The molecule has 0 aromatic heterocycles. The van der Waals surface area contributed by atoms with Crippen molar-refractivity contribution in [2.75, 3.05) is 24.2 Å². The van der Waals surface area contributed by atoms with Crippen molar-refractivity contribution in [2.24, 2.45) is 44.0 Å². The molecule has 3 unspecified atom stereocenters. The van der Waals surface area contributed by atoms with Crippen molar-refractivity contribution in [2.45, 2.75) is 109 Å². The Balaban J connectivity index is 1.50. The van der Waals surface area contributed by atoms with Crippen molar-refractivity contribution >= 4 is 83.1 Å². The van der Waals surface area contributed by atoms with Crippen LogP contribution in [0.1, 0.15) is 82.5 Å². The summed E-state index contributed by atoms with van der Waals surface area (Å²) in [5.74, 6) is -5.87. The molecule has 1 fully saturated rings. The molecule has 4 amide bonds. The van der Waals surface area contributed by atoms with E-state index in [1.165, 1.54) is 32.2 Å². The third-order valence-electron chi connectivity index (χ3n) is 9.85. The first kappa shape index (κ1) is 49.6. The minimum Gasteiger partial charge on any atom is -0.480 e. The minimum absolute atomic E-state index is 0.135. The Bertz CT molecular complexity index is 1850.